The van der Waals surface area contributed by atoms with Gasteiger partial charge in [0.1, 0.15) is 11.4 Å². The van der Waals surface area contributed by atoms with Gasteiger partial charge in [-0.1, -0.05) is 42.5 Å². The smallest absolute Gasteiger partial charge is 0.255 e. The average Bonchev–Trinajstić information content (AvgIpc) is 3.13. The fraction of sp³-hybridized carbons (Fsp3) is 0.273. The van der Waals surface area contributed by atoms with E-state index in [4.69, 9.17) is 14.6 Å². The Labute approximate surface area is 165 Å². The number of hydrogen-bond donors (Lipinski definition) is 1. The number of ether oxygens (including phenoxy) is 2. The van der Waals surface area contributed by atoms with Crippen LogP contribution >= 0.6 is 0 Å². The normalized spacial score (nSPS) is 11.8. The highest BCUT2D eigenvalue weighted by Crippen LogP contribution is 2.26. The summed E-state index contributed by atoms with van der Waals surface area (Å²) in [6.07, 6.45) is 1.79. The fourth-order valence-corrected chi connectivity index (χ4v) is 3.02. The van der Waals surface area contributed by atoms with Gasteiger partial charge in [0.05, 0.1) is 25.8 Å². The predicted molar refractivity (Wildman–Crippen MR) is 109 cm³/mol. The number of benzene rings is 2. The van der Waals surface area contributed by atoms with E-state index in [-0.39, 0.29) is 11.9 Å². The number of nitrogens with one attached hydrogen (secondary N) is 1. The van der Waals surface area contributed by atoms with Crippen molar-refractivity contribution in [2.45, 2.75) is 19.5 Å². The molecule has 2 aromatic carbocycles. The van der Waals surface area contributed by atoms with E-state index < -0.39 is 0 Å². The number of nitrogens with zero attached hydrogens (tertiary/aromatic N) is 2. The molecule has 0 fully saturated rings. The Balaban J connectivity index is 1.96. The van der Waals surface area contributed by atoms with Crippen molar-refractivity contribution in [1.29, 1.82) is 0 Å². The van der Waals surface area contributed by atoms with Crippen molar-refractivity contribution < 1.29 is 14.3 Å². The van der Waals surface area contributed by atoms with Crippen LogP contribution in [0.25, 0.3) is 11.3 Å². The molecule has 1 N–H and O–H groups in total. The molecule has 0 saturated heterocycles. The lowest BCUT2D eigenvalue weighted by molar-refractivity contribution is 0.0906. The van der Waals surface area contributed by atoms with Crippen molar-refractivity contribution in [2.24, 2.45) is 0 Å². The van der Waals surface area contributed by atoms with Crippen LogP contribution in [0.4, 0.5) is 0 Å². The second-order valence-electron chi connectivity index (χ2n) is 6.64. The first kappa shape index (κ1) is 19.6. The summed E-state index contributed by atoms with van der Waals surface area (Å²) in [6, 6.07) is 17.5. The second-order valence-corrected chi connectivity index (χ2v) is 6.64. The molecular weight excluding hydrogens is 354 g/mol. The second kappa shape index (κ2) is 9.19. The van der Waals surface area contributed by atoms with Gasteiger partial charge in [0, 0.05) is 24.9 Å². The van der Waals surface area contributed by atoms with Crippen LogP contribution in [0.1, 0.15) is 22.8 Å². The molecule has 0 spiro atoms. The predicted octanol–water partition coefficient (Wildman–Crippen LogP) is 3.37. The topological polar surface area (TPSA) is 65.4 Å². The molecule has 1 heterocycles. The molecule has 1 amide bonds. The molecule has 0 aliphatic carbocycles. The molecule has 1 unspecified atom stereocenters. The van der Waals surface area contributed by atoms with Crippen molar-refractivity contribution >= 4 is 5.91 Å². The molecule has 28 heavy (non-hydrogen) atoms. The minimum Gasteiger partial charge on any atom is -0.497 e. The first-order valence-corrected chi connectivity index (χ1v) is 9.16. The Kier molecular flexibility index (Phi) is 6.45. The largest absolute Gasteiger partial charge is 0.497 e. The SMILES string of the molecule is COCC(C)NC(=O)c1cn(Cc2ccccc2)nc1-c1cccc(OC)c1. The summed E-state index contributed by atoms with van der Waals surface area (Å²) in [5.74, 6) is 0.538. The number of amides is 1. The highest BCUT2D eigenvalue weighted by Gasteiger charge is 2.20. The Bertz CT molecular complexity index is 922. The summed E-state index contributed by atoms with van der Waals surface area (Å²) in [5, 5.41) is 7.66. The molecule has 0 aliphatic rings. The van der Waals surface area contributed by atoms with Crippen molar-refractivity contribution in [3.8, 4) is 17.0 Å². The van der Waals surface area contributed by atoms with Gasteiger partial charge < -0.3 is 14.8 Å². The molecule has 6 heteroatoms. The van der Waals surface area contributed by atoms with Gasteiger partial charge in [-0.25, -0.2) is 0 Å². The third-order valence-electron chi connectivity index (χ3n) is 4.33. The van der Waals surface area contributed by atoms with Crippen LogP contribution in [0.3, 0.4) is 0 Å². The van der Waals surface area contributed by atoms with Gasteiger partial charge in [-0.2, -0.15) is 5.10 Å². The highest BCUT2D eigenvalue weighted by atomic mass is 16.5. The number of carbonyl (C=O) groups excluding carboxylic acids is 1. The monoisotopic (exact) mass is 379 g/mol. The van der Waals surface area contributed by atoms with Crippen LogP contribution in [0, 0.1) is 0 Å². The molecule has 0 bridgehead atoms. The molecule has 146 valence electrons. The van der Waals surface area contributed by atoms with E-state index in [0.717, 1.165) is 11.1 Å². The van der Waals surface area contributed by atoms with Crippen LogP contribution in [0.2, 0.25) is 0 Å². The van der Waals surface area contributed by atoms with E-state index in [1.165, 1.54) is 0 Å². The summed E-state index contributed by atoms with van der Waals surface area (Å²) >= 11 is 0. The fourth-order valence-electron chi connectivity index (χ4n) is 3.02. The standard InChI is InChI=1S/C22H25N3O3/c1-16(15-27-2)23-22(26)20-14-25(13-17-8-5-4-6-9-17)24-21(20)18-10-7-11-19(12-18)28-3/h4-12,14,16H,13,15H2,1-3H3,(H,23,26). The Morgan fingerprint density at radius 2 is 1.93 bits per heavy atom. The maximum atomic E-state index is 12.9. The first-order chi connectivity index (χ1) is 13.6. The zero-order valence-electron chi connectivity index (χ0n) is 16.4. The van der Waals surface area contributed by atoms with Crippen molar-refractivity contribution in [3.05, 3.63) is 71.9 Å². The number of methoxy groups -OCH3 is 2. The Hall–Kier alpha value is -3.12. The van der Waals surface area contributed by atoms with Gasteiger partial charge in [0.2, 0.25) is 0 Å². The van der Waals surface area contributed by atoms with Crippen LogP contribution in [-0.2, 0) is 11.3 Å². The zero-order valence-corrected chi connectivity index (χ0v) is 16.4. The van der Waals surface area contributed by atoms with Crippen LogP contribution in [-0.4, -0.2) is 42.6 Å². The van der Waals surface area contributed by atoms with E-state index in [0.29, 0.717) is 30.2 Å². The van der Waals surface area contributed by atoms with Gasteiger partial charge in [0.15, 0.2) is 0 Å². The number of rotatable bonds is 8. The van der Waals surface area contributed by atoms with Crippen LogP contribution in [0.15, 0.2) is 60.8 Å². The molecule has 3 rings (SSSR count). The maximum Gasteiger partial charge on any atom is 0.255 e. The highest BCUT2D eigenvalue weighted by molar-refractivity contribution is 6.00. The first-order valence-electron chi connectivity index (χ1n) is 9.16. The lowest BCUT2D eigenvalue weighted by Gasteiger charge is -2.12. The minimum absolute atomic E-state index is 0.104. The van der Waals surface area contributed by atoms with E-state index in [2.05, 4.69) is 5.32 Å². The lowest BCUT2D eigenvalue weighted by Crippen LogP contribution is -2.35. The number of carbonyl (C=O) groups is 1. The minimum atomic E-state index is -0.179. The number of aromatic nitrogens is 2. The van der Waals surface area contributed by atoms with E-state index in [9.17, 15) is 4.79 Å². The summed E-state index contributed by atoms with van der Waals surface area (Å²) in [4.78, 5) is 12.9. The molecule has 1 atom stereocenters. The van der Waals surface area contributed by atoms with Crippen LogP contribution < -0.4 is 10.1 Å². The van der Waals surface area contributed by atoms with Gasteiger partial charge in [0.25, 0.3) is 5.91 Å². The zero-order chi connectivity index (χ0) is 19.9. The van der Waals surface area contributed by atoms with Gasteiger partial charge in [-0.05, 0) is 24.6 Å². The van der Waals surface area contributed by atoms with Gasteiger partial charge in [-0.3, -0.25) is 9.48 Å². The molecule has 0 radical (unpaired) electrons. The quantitative estimate of drug-likeness (QED) is 0.652. The number of hydrogen-bond acceptors (Lipinski definition) is 4. The van der Waals surface area contributed by atoms with Crippen molar-refractivity contribution in [2.75, 3.05) is 20.8 Å². The van der Waals surface area contributed by atoms with E-state index in [1.807, 2.05) is 61.5 Å². The summed E-state index contributed by atoms with van der Waals surface area (Å²) in [5.41, 5.74) is 3.08. The third-order valence-corrected chi connectivity index (χ3v) is 4.33. The molecule has 3 aromatic rings. The molecule has 6 nitrogen and oxygen atoms in total. The summed E-state index contributed by atoms with van der Waals surface area (Å²) < 4.78 is 12.2. The van der Waals surface area contributed by atoms with E-state index >= 15 is 0 Å². The summed E-state index contributed by atoms with van der Waals surface area (Å²) in [7, 11) is 3.23. The molecule has 0 saturated carbocycles. The molecule has 0 aliphatic heterocycles. The van der Waals surface area contributed by atoms with Crippen LogP contribution in [0.5, 0.6) is 5.75 Å². The Morgan fingerprint density at radius 3 is 2.64 bits per heavy atom. The maximum absolute atomic E-state index is 12.9. The van der Waals surface area contributed by atoms with Gasteiger partial charge >= 0.3 is 0 Å². The third kappa shape index (κ3) is 4.78. The molecule has 1 aromatic heterocycles. The van der Waals surface area contributed by atoms with Crippen molar-refractivity contribution in [3.63, 3.8) is 0 Å². The van der Waals surface area contributed by atoms with Gasteiger partial charge in [-0.15, -0.1) is 0 Å². The average molecular weight is 379 g/mol. The summed E-state index contributed by atoms with van der Waals surface area (Å²) in [6.45, 7) is 2.93. The lowest BCUT2D eigenvalue weighted by atomic mass is 10.1. The van der Waals surface area contributed by atoms with E-state index in [1.54, 1.807) is 25.1 Å². The van der Waals surface area contributed by atoms with Crippen molar-refractivity contribution in [1.82, 2.24) is 15.1 Å². The Morgan fingerprint density at radius 1 is 1.14 bits per heavy atom. The molecular formula is C22H25N3O3.